The molecule has 1 unspecified atom stereocenters. The number of aryl methyl sites for hydroxylation is 1. The van der Waals surface area contributed by atoms with Gasteiger partial charge in [0.15, 0.2) is 12.3 Å². The van der Waals surface area contributed by atoms with Gasteiger partial charge in [-0.3, -0.25) is 4.79 Å². The molecule has 0 bridgehead atoms. The molecule has 1 atom stereocenters. The molecule has 1 aliphatic carbocycles. The predicted octanol–water partition coefficient (Wildman–Crippen LogP) is 5.76. The van der Waals surface area contributed by atoms with Gasteiger partial charge in [0.25, 0.3) is 5.91 Å². The lowest BCUT2D eigenvalue weighted by molar-refractivity contribution is -0.141. The Bertz CT molecular complexity index is 1200. The zero-order valence-electron chi connectivity index (χ0n) is 17.7. The molecule has 1 aliphatic rings. The molecule has 0 fully saturated rings. The Balaban J connectivity index is 1.50. The summed E-state index contributed by atoms with van der Waals surface area (Å²) in [6.45, 7) is 1.37. The van der Waals surface area contributed by atoms with Crippen molar-refractivity contribution in [3.8, 4) is 11.6 Å². The Morgan fingerprint density at radius 3 is 2.79 bits per heavy atom. The zero-order valence-corrected chi connectivity index (χ0v) is 18.5. The number of carbonyl (C=O) groups excluding carboxylic acids is 1. The fraction of sp³-hybridized carbons (Fsp3) is 0.250. The summed E-state index contributed by atoms with van der Waals surface area (Å²) >= 11 is 6.13. The predicted molar refractivity (Wildman–Crippen MR) is 119 cm³/mol. The smallest absolute Gasteiger partial charge is 0.435 e. The molecule has 9 heteroatoms. The maximum atomic E-state index is 13.2. The quantitative estimate of drug-likeness (QED) is 0.493. The number of carbonyl (C=O) groups is 1. The highest BCUT2D eigenvalue weighted by molar-refractivity contribution is 6.32. The molecular weight excluding hydrogens is 455 g/mol. The van der Waals surface area contributed by atoms with Crippen molar-refractivity contribution in [2.45, 2.75) is 32.0 Å². The number of alkyl halides is 3. The van der Waals surface area contributed by atoms with Crippen LogP contribution in [0.3, 0.4) is 0 Å². The number of rotatable bonds is 6. The first-order valence-electron chi connectivity index (χ1n) is 10.4. The monoisotopic (exact) mass is 475 g/mol. The van der Waals surface area contributed by atoms with E-state index in [9.17, 15) is 18.0 Å². The average molecular weight is 476 g/mol. The fourth-order valence-corrected chi connectivity index (χ4v) is 3.99. The Morgan fingerprint density at radius 1 is 1.24 bits per heavy atom. The third-order valence-electron chi connectivity index (χ3n) is 5.34. The molecule has 1 aromatic heterocycles. The van der Waals surface area contributed by atoms with E-state index < -0.39 is 24.4 Å². The van der Waals surface area contributed by atoms with E-state index in [0.717, 1.165) is 34.7 Å². The number of nitrogens with one attached hydrogen (secondary N) is 1. The van der Waals surface area contributed by atoms with Gasteiger partial charge < -0.3 is 10.1 Å². The number of benzene rings is 2. The van der Waals surface area contributed by atoms with Crippen LogP contribution in [0.15, 0.2) is 54.6 Å². The van der Waals surface area contributed by atoms with Crippen molar-refractivity contribution in [1.29, 1.82) is 0 Å². The topological polar surface area (TPSA) is 56.1 Å². The van der Waals surface area contributed by atoms with Gasteiger partial charge in [0, 0.05) is 6.07 Å². The summed E-state index contributed by atoms with van der Waals surface area (Å²) in [6, 6.07) is 12.7. The molecule has 0 aliphatic heterocycles. The molecule has 1 amide bonds. The van der Waals surface area contributed by atoms with Gasteiger partial charge in [-0.15, -0.1) is 0 Å². The molecule has 0 spiro atoms. The minimum absolute atomic E-state index is 0.194. The third-order valence-corrected chi connectivity index (χ3v) is 5.66. The van der Waals surface area contributed by atoms with E-state index >= 15 is 0 Å². The Labute approximate surface area is 193 Å². The molecular formula is C24H21ClF3N3O2. The second-order valence-electron chi connectivity index (χ2n) is 7.67. The van der Waals surface area contributed by atoms with Crippen LogP contribution in [0.4, 0.5) is 13.2 Å². The summed E-state index contributed by atoms with van der Waals surface area (Å²) in [4.78, 5) is 12.6. The molecule has 0 saturated carbocycles. The van der Waals surface area contributed by atoms with E-state index in [0.29, 0.717) is 0 Å². The first-order valence-corrected chi connectivity index (χ1v) is 10.7. The molecule has 172 valence electrons. The van der Waals surface area contributed by atoms with Gasteiger partial charge in [-0.25, -0.2) is 0 Å². The number of allylic oxidation sites excluding steroid dienone is 1. The zero-order chi connectivity index (χ0) is 23.6. The lowest BCUT2D eigenvalue weighted by atomic mass is 9.90. The number of aromatic nitrogens is 2. The van der Waals surface area contributed by atoms with Crippen molar-refractivity contribution in [2.75, 3.05) is 6.61 Å². The summed E-state index contributed by atoms with van der Waals surface area (Å²) in [6.07, 6.45) is 1.38. The van der Waals surface area contributed by atoms with E-state index in [4.69, 9.17) is 16.3 Å². The summed E-state index contributed by atoms with van der Waals surface area (Å²) in [7, 11) is 0. The first kappa shape index (κ1) is 22.9. The van der Waals surface area contributed by atoms with Crippen molar-refractivity contribution in [1.82, 2.24) is 15.1 Å². The highest BCUT2D eigenvalue weighted by Gasteiger charge is 2.36. The van der Waals surface area contributed by atoms with E-state index in [1.807, 2.05) is 25.1 Å². The van der Waals surface area contributed by atoms with Crippen molar-refractivity contribution >= 4 is 23.6 Å². The molecule has 0 radical (unpaired) electrons. The van der Waals surface area contributed by atoms with Crippen LogP contribution >= 0.6 is 11.6 Å². The van der Waals surface area contributed by atoms with Crippen LogP contribution in [0.5, 0.6) is 5.88 Å². The van der Waals surface area contributed by atoms with Crippen molar-refractivity contribution in [2.24, 2.45) is 0 Å². The lowest BCUT2D eigenvalue weighted by Crippen LogP contribution is -2.32. The van der Waals surface area contributed by atoms with Crippen LogP contribution in [-0.2, 0) is 17.4 Å². The van der Waals surface area contributed by atoms with Crippen molar-refractivity contribution in [3.05, 3.63) is 82.0 Å². The number of amides is 1. The van der Waals surface area contributed by atoms with E-state index in [1.165, 1.54) is 17.7 Å². The number of hydrogen-bond acceptors (Lipinski definition) is 3. The number of fused-ring (bicyclic) bond motifs is 1. The minimum Gasteiger partial charge on any atom is -0.467 e. The van der Waals surface area contributed by atoms with E-state index in [1.54, 1.807) is 12.1 Å². The van der Waals surface area contributed by atoms with E-state index in [2.05, 4.69) is 22.6 Å². The Hall–Kier alpha value is -3.26. The van der Waals surface area contributed by atoms with Crippen molar-refractivity contribution < 1.29 is 22.7 Å². The largest absolute Gasteiger partial charge is 0.467 e. The maximum Gasteiger partial charge on any atom is 0.435 e. The maximum absolute atomic E-state index is 13.2. The summed E-state index contributed by atoms with van der Waals surface area (Å²) < 4.78 is 46.1. The van der Waals surface area contributed by atoms with Crippen LogP contribution < -0.4 is 10.1 Å². The Kier molecular flexibility index (Phi) is 6.47. The lowest BCUT2D eigenvalue weighted by Gasteiger charge is -2.21. The molecule has 1 N–H and O–H groups in total. The first-order chi connectivity index (χ1) is 15.7. The van der Waals surface area contributed by atoms with Crippen LogP contribution in [0.2, 0.25) is 5.02 Å². The number of para-hydroxylation sites is 1. The van der Waals surface area contributed by atoms with Crippen LogP contribution in [0.25, 0.3) is 11.8 Å². The van der Waals surface area contributed by atoms with Crippen LogP contribution in [0.1, 0.15) is 41.8 Å². The minimum atomic E-state index is -4.68. The molecule has 5 nitrogen and oxygen atoms in total. The molecule has 2 aromatic carbocycles. The summed E-state index contributed by atoms with van der Waals surface area (Å²) in [5, 5.41) is 6.63. The average Bonchev–Trinajstić information content (AvgIpc) is 3.22. The van der Waals surface area contributed by atoms with Gasteiger partial charge >= 0.3 is 6.18 Å². The molecule has 0 saturated heterocycles. The number of nitrogens with zero attached hydrogens (tertiary/aromatic N) is 2. The normalized spacial score (nSPS) is 14.0. The third kappa shape index (κ3) is 5.06. The second-order valence-corrected chi connectivity index (χ2v) is 8.07. The molecule has 4 rings (SSSR count). The highest BCUT2D eigenvalue weighted by Crippen LogP contribution is 2.33. The summed E-state index contributed by atoms with van der Waals surface area (Å²) in [5.41, 5.74) is 2.34. The van der Waals surface area contributed by atoms with Gasteiger partial charge in [-0.05, 0) is 48.6 Å². The number of ether oxygens (including phenoxy) is 1. The Morgan fingerprint density at radius 2 is 2.03 bits per heavy atom. The van der Waals surface area contributed by atoms with Gasteiger partial charge in [0.2, 0.25) is 5.88 Å². The molecule has 3 aromatic rings. The standard InChI is InChI=1S/C24H21ClF3N3O2/c1-15(17-10-6-8-16-7-2-3-9-18(16)17)29-22(32)14-33-23-13-21(24(26,27)28)30-31(23)20-12-5-4-11-19(20)25/h3-6,8-13,15H,2,7,14H2,1H3,(H,29,32). The summed E-state index contributed by atoms with van der Waals surface area (Å²) in [5.74, 6) is -0.710. The van der Waals surface area contributed by atoms with Gasteiger partial charge in [-0.1, -0.05) is 54.1 Å². The van der Waals surface area contributed by atoms with Gasteiger partial charge in [0.05, 0.1) is 16.8 Å². The molecule has 33 heavy (non-hydrogen) atoms. The molecule has 1 heterocycles. The van der Waals surface area contributed by atoms with Gasteiger partial charge in [0.1, 0.15) is 0 Å². The fourth-order valence-electron chi connectivity index (χ4n) is 3.77. The second kappa shape index (κ2) is 9.31. The number of hydrogen-bond donors (Lipinski definition) is 1. The van der Waals surface area contributed by atoms with Crippen LogP contribution in [-0.4, -0.2) is 22.3 Å². The van der Waals surface area contributed by atoms with Crippen LogP contribution in [0, 0.1) is 0 Å². The highest BCUT2D eigenvalue weighted by atomic mass is 35.5. The SMILES string of the molecule is CC(NC(=O)COc1cc(C(F)(F)F)nn1-c1ccccc1Cl)c1cccc2c1C=CCC2. The number of halogens is 4. The van der Waals surface area contributed by atoms with E-state index in [-0.39, 0.29) is 22.6 Å². The van der Waals surface area contributed by atoms with Gasteiger partial charge in [-0.2, -0.15) is 23.0 Å². The van der Waals surface area contributed by atoms with Crippen molar-refractivity contribution in [3.63, 3.8) is 0 Å².